The van der Waals surface area contributed by atoms with Crippen LogP contribution in [0.5, 0.6) is 0 Å². The van der Waals surface area contributed by atoms with Gasteiger partial charge in [-0.15, -0.1) is 11.8 Å². The largest absolute Gasteiger partial charge is 0.303 e. The molecule has 0 aliphatic carbocycles. The molecule has 2 aromatic carbocycles. The van der Waals surface area contributed by atoms with Gasteiger partial charge in [0.25, 0.3) is 0 Å². The quantitative estimate of drug-likeness (QED) is 0.798. The minimum atomic E-state index is 0.338. The van der Waals surface area contributed by atoms with Crippen molar-refractivity contribution < 1.29 is 0 Å². The van der Waals surface area contributed by atoms with E-state index in [1.165, 1.54) is 21.6 Å². The van der Waals surface area contributed by atoms with Gasteiger partial charge in [-0.3, -0.25) is 0 Å². The molecular formula is C18H20ClNS. The van der Waals surface area contributed by atoms with Crippen LogP contribution in [-0.4, -0.2) is 5.75 Å². The van der Waals surface area contributed by atoms with Gasteiger partial charge >= 0.3 is 0 Å². The van der Waals surface area contributed by atoms with Gasteiger partial charge in [0, 0.05) is 22.0 Å². The fourth-order valence-corrected chi connectivity index (χ4v) is 4.08. The van der Waals surface area contributed by atoms with Crippen LogP contribution in [0.2, 0.25) is 5.02 Å². The van der Waals surface area contributed by atoms with Gasteiger partial charge in [-0.2, -0.15) is 0 Å². The molecule has 0 saturated heterocycles. The molecule has 3 rings (SSSR count). The Morgan fingerprint density at radius 3 is 2.71 bits per heavy atom. The van der Waals surface area contributed by atoms with E-state index in [0.717, 1.165) is 17.2 Å². The van der Waals surface area contributed by atoms with Crippen molar-refractivity contribution in [3.05, 3.63) is 64.2 Å². The zero-order valence-electron chi connectivity index (χ0n) is 12.4. The Morgan fingerprint density at radius 2 is 1.95 bits per heavy atom. The number of hydrogen-bond acceptors (Lipinski definition) is 2. The summed E-state index contributed by atoms with van der Waals surface area (Å²) >= 11 is 8.10. The van der Waals surface area contributed by atoms with E-state index in [4.69, 9.17) is 11.6 Å². The lowest BCUT2D eigenvalue weighted by atomic mass is 10.0. The second kappa shape index (κ2) is 6.43. The van der Waals surface area contributed by atoms with E-state index in [1.54, 1.807) is 0 Å². The predicted molar refractivity (Wildman–Crippen MR) is 92.3 cm³/mol. The summed E-state index contributed by atoms with van der Waals surface area (Å²) in [5, 5.41) is 4.59. The van der Waals surface area contributed by atoms with E-state index in [2.05, 4.69) is 55.6 Å². The number of aryl methyl sites for hydroxylation is 1. The molecule has 21 heavy (non-hydrogen) atoms. The summed E-state index contributed by atoms with van der Waals surface area (Å²) in [5.74, 6) is 1.16. The van der Waals surface area contributed by atoms with Gasteiger partial charge < -0.3 is 5.32 Å². The summed E-state index contributed by atoms with van der Waals surface area (Å²) in [6, 6.07) is 15.7. The summed E-state index contributed by atoms with van der Waals surface area (Å²) in [4.78, 5) is 1.36. The summed E-state index contributed by atoms with van der Waals surface area (Å²) < 4.78 is 0. The molecule has 2 unspecified atom stereocenters. The maximum Gasteiger partial charge on any atom is 0.0410 e. The lowest BCUT2D eigenvalue weighted by molar-refractivity contribution is 0.450. The first-order valence-corrected chi connectivity index (χ1v) is 8.75. The van der Waals surface area contributed by atoms with Gasteiger partial charge in [0.1, 0.15) is 0 Å². The number of rotatable bonds is 3. The molecule has 0 saturated carbocycles. The van der Waals surface area contributed by atoms with Crippen LogP contribution < -0.4 is 5.32 Å². The zero-order valence-corrected chi connectivity index (χ0v) is 14.0. The van der Waals surface area contributed by atoms with Crippen molar-refractivity contribution in [2.45, 2.75) is 37.2 Å². The third kappa shape index (κ3) is 3.45. The number of benzene rings is 2. The Bertz CT molecular complexity index is 624. The Morgan fingerprint density at radius 1 is 1.19 bits per heavy atom. The lowest BCUT2D eigenvalue weighted by Gasteiger charge is -2.29. The SMILES string of the molecule is Cc1ccc(C(C)NC2CCSc3ccc(Cl)cc32)cc1. The molecule has 2 aromatic rings. The van der Waals surface area contributed by atoms with E-state index in [1.807, 2.05) is 17.8 Å². The fraction of sp³-hybridized carbons (Fsp3) is 0.333. The van der Waals surface area contributed by atoms with Crippen LogP contribution in [0.3, 0.4) is 0 Å². The van der Waals surface area contributed by atoms with Crippen LogP contribution in [0.4, 0.5) is 0 Å². The maximum atomic E-state index is 6.18. The number of halogens is 1. The third-order valence-corrected chi connectivity index (χ3v) is 5.40. The van der Waals surface area contributed by atoms with Gasteiger partial charge in [0.05, 0.1) is 0 Å². The highest BCUT2D eigenvalue weighted by atomic mass is 35.5. The molecule has 0 radical (unpaired) electrons. The number of thioether (sulfide) groups is 1. The predicted octanol–water partition coefficient (Wildman–Crippen LogP) is 5.54. The van der Waals surface area contributed by atoms with Crippen LogP contribution in [-0.2, 0) is 0 Å². The molecule has 110 valence electrons. The molecule has 0 fully saturated rings. The lowest BCUT2D eigenvalue weighted by Crippen LogP contribution is -2.27. The van der Waals surface area contributed by atoms with Gasteiger partial charge in [-0.05, 0) is 55.3 Å². The second-order valence-electron chi connectivity index (χ2n) is 5.67. The zero-order chi connectivity index (χ0) is 14.8. The Kier molecular flexibility index (Phi) is 4.58. The number of fused-ring (bicyclic) bond motifs is 1. The molecule has 3 heteroatoms. The van der Waals surface area contributed by atoms with Crippen LogP contribution in [0.15, 0.2) is 47.4 Å². The minimum Gasteiger partial charge on any atom is -0.303 e. The third-order valence-electron chi connectivity index (χ3n) is 4.04. The molecule has 1 aliphatic heterocycles. The van der Waals surface area contributed by atoms with Gasteiger partial charge in [0.15, 0.2) is 0 Å². The summed E-state index contributed by atoms with van der Waals surface area (Å²) in [6.07, 6.45) is 1.15. The van der Waals surface area contributed by atoms with Gasteiger partial charge in [-0.25, -0.2) is 0 Å². The monoisotopic (exact) mass is 317 g/mol. The molecule has 1 aliphatic rings. The first-order valence-electron chi connectivity index (χ1n) is 7.38. The molecule has 0 aromatic heterocycles. The highest BCUT2D eigenvalue weighted by Crippen LogP contribution is 2.38. The van der Waals surface area contributed by atoms with Crippen LogP contribution in [0.1, 0.15) is 42.1 Å². The number of nitrogens with one attached hydrogen (secondary N) is 1. The van der Waals surface area contributed by atoms with Crippen molar-refractivity contribution >= 4 is 23.4 Å². The Balaban J connectivity index is 1.80. The Hall–Kier alpha value is -0.960. The van der Waals surface area contributed by atoms with Crippen molar-refractivity contribution in [1.29, 1.82) is 0 Å². The molecule has 0 amide bonds. The molecule has 0 bridgehead atoms. The summed E-state index contributed by atoms with van der Waals surface area (Å²) in [6.45, 7) is 4.36. The van der Waals surface area contributed by atoms with Crippen molar-refractivity contribution in [3.63, 3.8) is 0 Å². The molecule has 1 N–H and O–H groups in total. The van der Waals surface area contributed by atoms with Crippen molar-refractivity contribution in [1.82, 2.24) is 5.32 Å². The standard InChI is InChI=1S/C18H20ClNS/c1-12-3-5-14(6-4-12)13(2)20-17-9-10-21-18-8-7-15(19)11-16(17)18/h3-8,11,13,17,20H,9-10H2,1-2H3. The summed E-state index contributed by atoms with van der Waals surface area (Å²) in [7, 11) is 0. The molecular weight excluding hydrogens is 298 g/mol. The van der Waals surface area contributed by atoms with E-state index in [9.17, 15) is 0 Å². The van der Waals surface area contributed by atoms with Gasteiger partial charge in [0.2, 0.25) is 0 Å². The molecule has 0 spiro atoms. The van der Waals surface area contributed by atoms with E-state index in [-0.39, 0.29) is 0 Å². The molecule has 1 nitrogen and oxygen atoms in total. The average Bonchev–Trinajstić information content (AvgIpc) is 2.48. The van der Waals surface area contributed by atoms with Gasteiger partial charge in [-0.1, -0.05) is 41.4 Å². The second-order valence-corrected chi connectivity index (χ2v) is 7.24. The topological polar surface area (TPSA) is 12.0 Å². The first-order chi connectivity index (χ1) is 10.1. The highest BCUT2D eigenvalue weighted by Gasteiger charge is 2.22. The average molecular weight is 318 g/mol. The van der Waals surface area contributed by atoms with Crippen LogP contribution in [0.25, 0.3) is 0 Å². The summed E-state index contributed by atoms with van der Waals surface area (Å²) in [5.41, 5.74) is 3.98. The fourth-order valence-electron chi connectivity index (χ4n) is 2.79. The minimum absolute atomic E-state index is 0.338. The maximum absolute atomic E-state index is 6.18. The van der Waals surface area contributed by atoms with Crippen molar-refractivity contribution in [2.24, 2.45) is 0 Å². The van der Waals surface area contributed by atoms with Crippen LogP contribution in [0, 0.1) is 6.92 Å². The Labute approximate surface area is 136 Å². The first kappa shape index (κ1) is 15.0. The molecule has 1 heterocycles. The van der Waals surface area contributed by atoms with E-state index < -0.39 is 0 Å². The van der Waals surface area contributed by atoms with Crippen molar-refractivity contribution in [2.75, 3.05) is 5.75 Å². The van der Waals surface area contributed by atoms with E-state index in [0.29, 0.717) is 12.1 Å². The number of hydrogen-bond donors (Lipinski definition) is 1. The molecule has 2 atom stereocenters. The normalized spacial score (nSPS) is 19.1. The van der Waals surface area contributed by atoms with E-state index >= 15 is 0 Å². The van der Waals surface area contributed by atoms with Crippen LogP contribution >= 0.6 is 23.4 Å². The van der Waals surface area contributed by atoms with Crippen molar-refractivity contribution in [3.8, 4) is 0 Å². The smallest absolute Gasteiger partial charge is 0.0410 e. The highest BCUT2D eigenvalue weighted by molar-refractivity contribution is 7.99.